The number of rotatable bonds is 3. The Morgan fingerprint density at radius 3 is 2.61 bits per heavy atom. The van der Waals surface area contributed by atoms with E-state index in [2.05, 4.69) is 0 Å². The summed E-state index contributed by atoms with van der Waals surface area (Å²) in [5.74, 6) is -1.86. The number of Topliss-reactive ketones (excluding diaryl/α,β-unsaturated/α-hetero) is 1. The Labute approximate surface area is 108 Å². The van der Waals surface area contributed by atoms with Gasteiger partial charge in [0.25, 0.3) is 0 Å². The highest BCUT2D eigenvalue weighted by Gasteiger charge is 2.20. The summed E-state index contributed by atoms with van der Waals surface area (Å²) in [4.78, 5) is 13.0. The van der Waals surface area contributed by atoms with Crippen molar-refractivity contribution in [3.63, 3.8) is 0 Å². The summed E-state index contributed by atoms with van der Waals surface area (Å²) >= 11 is 1.53. The molecule has 2 nitrogen and oxygen atoms in total. The average Bonchev–Trinajstić information content (AvgIpc) is 2.61. The number of aryl methyl sites for hydroxylation is 1. The van der Waals surface area contributed by atoms with E-state index in [9.17, 15) is 13.6 Å². The summed E-state index contributed by atoms with van der Waals surface area (Å²) in [5.41, 5.74) is 2.73. The van der Waals surface area contributed by atoms with E-state index in [0.717, 1.165) is 22.7 Å². The molecule has 0 spiro atoms. The molecule has 1 heterocycles. The smallest absolute Gasteiger partial charge is 0.230 e. The van der Waals surface area contributed by atoms with Crippen molar-refractivity contribution < 1.29 is 18.1 Å². The van der Waals surface area contributed by atoms with Crippen molar-refractivity contribution in [2.45, 2.75) is 20.4 Å². The fourth-order valence-electron chi connectivity index (χ4n) is 1.62. The maximum atomic E-state index is 13.4. The quantitative estimate of drug-likeness (QED) is 0.619. The molecule has 2 rings (SSSR count). The molecule has 1 aromatic carbocycles. The van der Waals surface area contributed by atoms with Crippen molar-refractivity contribution in [2.75, 3.05) is 0 Å². The molecule has 0 aliphatic rings. The van der Waals surface area contributed by atoms with Crippen LogP contribution in [-0.2, 0) is 6.54 Å². The monoisotopic (exact) mass is 268 g/mol. The Morgan fingerprint density at radius 1 is 1.33 bits per heavy atom. The predicted octanol–water partition coefficient (Wildman–Crippen LogP) is 2.81. The van der Waals surface area contributed by atoms with Gasteiger partial charge < -0.3 is 0 Å². The molecule has 0 N–H and O–H groups in total. The van der Waals surface area contributed by atoms with Crippen LogP contribution in [0.1, 0.15) is 20.9 Å². The fraction of sp³-hybridized carbons (Fsp3) is 0.231. The maximum Gasteiger partial charge on any atom is 0.230 e. The van der Waals surface area contributed by atoms with Gasteiger partial charge in [-0.2, -0.15) is 4.57 Å². The van der Waals surface area contributed by atoms with Crippen LogP contribution >= 0.6 is 11.3 Å². The van der Waals surface area contributed by atoms with Gasteiger partial charge in [0.05, 0.1) is 10.4 Å². The molecule has 2 aromatic rings. The Hall–Kier alpha value is -1.62. The van der Waals surface area contributed by atoms with E-state index in [1.807, 2.05) is 19.4 Å². The van der Waals surface area contributed by atoms with Crippen LogP contribution in [-0.4, -0.2) is 5.78 Å². The van der Waals surface area contributed by atoms with Gasteiger partial charge in [0.1, 0.15) is 11.6 Å². The predicted molar refractivity (Wildman–Crippen MR) is 64.7 cm³/mol. The minimum Gasteiger partial charge on any atom is -0.287 e. The van der Waals surface area contributed by atoms with Crippen molar-refractivity contribution >= 4 is 17.1 Å². The lowest BCUT2D eigenvalue weighted by atomic mass is 10.1. The van der Waals surface area contributed by atoms with Gasteiger partial charge in [-0.1, -0.05) is 11.3 Å². The summed E-state index contributed by atoms with van der Waals surface area (Å²) in [6.45, 7) is 3.93. The Morgan fingerprint density at radius 2 is 2.06 bits per heavy atom. The third-order valence-corrected chi connectivity index (χ3v) is 3.85. The molecule has 0 unspecified atom stereocenters. The number of carbonyl (C=O) groups excluding carboxylic acids is 1. The van der Waals surface area contributed by atoms with E-state index in [0.29, 0.717) is 0 Å². The summed E-state index contributed by atoms with van der Waals surface area (Å²) in [6.07, 6.45) is 0. The highest BCUT2D eigenvalue weighted by molar-refractivity contribution is 7.09. The lowest BCUT2D eigenvalue weighted by Gasteiger charge is -2.00. The van der Waals surface area contributed by atoms with Gasteiger partial charge in [-0.25, -0.2) is 8.78 Å². The van der Waals surface area contributed by atoms with Gasteiger partial charge in [0.15, 0.2) is 5.69 Å². The molecule has 0 aliphatic heterocycles. The van der Waals surface area contributed by atoms with E-state index in [4.69, 9.17) is 0 Å². The summed E-state index contributed by atoms with van der Waals surface area (Å²) in [6, 6.07) is 3.00. The van der Waals surface area contributed by atoms with E-state index >= 15 is 0 Å². The number of hydrogen-bond donors (Lipinski definition) is 0. The van der Waals surface area contributed by atoms with Crippen molar-refractivity contribution in [3.8, 4) is 0 Å². The number of carbonyl (C=O) groups is 1. The zero-order valence-corrected chi connectivity index (χ0v) is 10.9. The number of thiazole rings is 1. The van der Waals surface area contributed by atoms with Gasteiger partial charge in [-0.05, 0) is 19.1 Å². The van der Waals surface area contributed by atoms with Crippen LogP contribution < -0.4 is 4.57 Å². The number of nitrogens with zero attached hydrogens (tertiary/aromatic N) is 1. The first-order valence-electron chi connectivity index (χ1n) is 5.41. The molecule has 0 aliphatic carbocycles. The third-order valence-electron chi connectivity index (χ3n) is 2.84. The van der Waals surface area contributed by atoms with Crippen molar-refractivity contribution in [3.05, 3.63) is 51.5 Å². The van der Waals surface area contributed by atoms with Gasteiger partial charge in [-0.3, -0.25) is 4.79 Å². The van der Waals surface area contributed by atoms with Gasteiger partial charge in [-0.15, -0.1) is 0 Å². The van der Waals surface area contributed by atoms with Crippen molar-refractivity contribution in [1.82, 2.24) is 0 Å². The highest BCUT2D eigenvalue weighted by Crippen LogP contribution is 2.12. The van der Waals surface area contributed by atoms with Gasteiger partial charge in [0.2, 0.25) is 17.8 Å². The molecule has 0 fully saturated rings. The zero-order valence-electron chi connectivity index (χ0n) is 10.0. The largest absolute Gasteiger partial charge is 0.287 e. The Kier molecular flexibility index (Phi) is 3.52. The minimum atomic E-state index is -0.815. The molecule has 0 bridgehead atoms. The third kappa shape index (κ3) is 2.46. The molecule has 0 atom stereocenters. The number of ketones is 1. The molecular weight excluding hydrogens is 256 g/mol. The standard InChI is InChI=1S/C13H12F2NOS/c1-8-9(2)18-7-16(8)6-13(17)11-4-3-10(14)5-12(11)15/h3-5,7H,6H2,1-2H3/q+1. The average molecular weight is 268 g/mol. The molecule has 18 heavy (non-hydrogen) atoms. The maximum absolute atomic E-state index is 13.4. The van der Waals surface area contributed by atoms with Crippen LogP contribution in [0, 0.1) is 25.5 Å². The summed E-state index contributed by atoms with van der Waals surface area (Å²) in [7, 11) is 0. The number of benzene rings is 1. The SMILES string of the molecule is Cc1sc[n+](CC(=O)c2ccc(F)cc2F)c1C. The lowest BCUT2D eigenvalue weighted by molar-refractivity contribution is -0.684. The number of halogens is 2. The topological polar surface area (TPSA) is 20.9 Å². The molecule has 94 valence electrons. The van der Waals surface area contributed by atoms with Crippen LogP contribution in [0.2, 0.25) is 0 Å². The second-order valence-electron chi connectivity index (χ2n) is 4.04. The zero-order chi connectivity index (χ0) is 13.3. The van der Waals surface area contributed by atoms with Crippen molar-refractivity contribution in [2.24, 2.45) is 0 Å². The molecule has 0 radical (unpaired) electrons. The van der Waals surface area contributed by atoms with E-state index in [-0.39, 0.29) is 17.9 Å². The van der Waals surface area contributed by atoms with E-state index in [1.54, 1.807) is 4.57 Å². The Balaban J connectivity index is 2.25. The fourth-order valence-corrected chi connectivity index (χ4v) is 2.43. The molecule has 0 saturated carbocycles. The Bertz CT molecular complexity index is 607. The van der Waals surface area contributed by atoms with E-state index in [1.165, 1.54) is 17.4 Å². The van der Waals surface area contributed by atoms with Gasteiger partial charge in [0, 0.05) is 13.0 Å². The van der Waals surface area contributed by atoms with Gasteiger partial charge >= 0.3 is 0 Å². The van der Waals surface area contributed by atoms with Crippen molar-refractivity contribution in [1.29, 1.82) is 0 Å². The number of aromatic nitrogens is 1. The van der Waals surface area contributed by atoms with Crippen LogP contribution in [0.3, 0.4) is 0 Å². The minimum absolute atomic E-state index is 0.0682. The first kappa shape index (κ1) is 12.8. The van der Waals surface area contributed by atoms with Crippen LogP contribution in [0.4, 0.5) is 8.78 Å². The highest BCUT2D eigenvalue weighted by atomic mass is 32.1. The first-order valence-corrected chi connectivity index (χ1v) is 6.29. The molecule has 0 saturated heterocycles. The summed E-state index contributed by atoms with van der Waals surface area (Å²) in [5, 5.41) is 0. The normalized spacial score (nSPS) is 10.7. The van der Waals surface area contributed by atoms with E-state index < -0.39 is 11.6 Å². The first-order chi connectivity index (χ1) is 8.49. The molecule has 0 amide bonds. The molecule has 5 heteroatoms. The van der Waals surface area contributed by atoms with Crippen LogP contribution in [0.15, 0.2) is 23.7 Å². The lowest BCUT2D eigenvalue weighted by Crippen LogP contribution is -2.38. The second-order valence-corrected chi connectivity index (χ2v) is 5.10. The van der Waals surface area contributed by atoms with Crippen LogP contribution in [0.5, 0.6) is 0 Å². The number of hydrogen-bond acceptors (Lipinski definition) is 2. The second kappa shape index (κ2) is 4.94. The molecule has 1 aromatic heterocycles. The molecular formula is C13H12F2NOS+. The van der Waals surface area contributed by atoms with Crippen LogP contribution in [0.25, 0.3) is 0 Å². The summed E-state index contributed by atoms with van der Waals surface area (Å²) < 4.78 is 28.0.